The van der Waals surface area contributed by atoms with Gasteiger partial charge in [0.25, 0.3) is 0 Å². The van der Waals surface area contributed by atoms with Crippen LogP contribution in [0.1, 0.15) is 6.42 Å². The lowest BCUT2D eigenvalue weighted by Crippen LogP contribution is -2.41. The molecule has 2 aliphatic heterocycles. The van der Waals surface area contributed by atoms with Gasteiger partial charge in [-0.3, -0.25) is 14.6 Å². The van der Waals surface area contributed by atoms with Crippen molar-refractivity contribution in [1.82, 2.24) is 15.1 Å². The molecule has 0 aromatic heterocycles. The van der Waals surface area contributed by atoms with Crippen LogP contribution in [0.25, 0.3) is 0 Å². The van der Waals surface area contributed by atoms with Crippen molar-refractivity contribution in [3.05, 3.63) is 29.8 Å². The van der Waals surface area contributed by atoms with Crippen molar-refractivity contribution in [1.29, 1.82) is 0 Å². The monoisotopic (exact) mass is 382 g/mol. The Kier molecular flexibility index (Phi) is 6.57. The number of ether oxygens (including phenoxy) is 1. The molecule has 1 N–H and O–H groups in total. The number of carbonyl (C=O) groups is 2. The quantitative estimate of drug-likeness (QED) is 0.716. The first-order valence-corrected chi connectivity index (χ1v) is 9.13. The van der Waals surface area contributed by atoms with Gasteiger partial charge in [-0.2, -0.15) is 0 Å². The van der Waals surface area contributed by atoms with Gasteiger partial charge in [0.1, 0.15) is 6.54 Å². The van der Waals surface area contributed by atoms with Crippen molar-refractivity contribution in [2.45, 2.75) is 6.42 Å². The van der Waals surface area contributed by atoms with Gasteiger partial charge >= 0.3 is 6.03 Å². The van der Waals surface area contributed by atoms with E-state index in [9.17, 15) is 18.4 Å². The number of hydrogen-bond donors (Lipinski definition) is 1. The summed E-state index contributed by atoms with van der Waals surface area (Å²) in [6.07, 6.45) is 0.834. The summed E-state index contributed by atoms with van der Waals surface area (Å²) in [6, 6.07) is 2.94. The summed E-state index contributed by atoms with van der Waals surface area (Å²) in [5, 5.41) is 2.82. The Morgan fingerprint density at radius 1 is 1.11 bits per heavy atom. The van der Waals surface area contributed by atoms with Crippen LogP contribution < -0.4 is 10.2 Å². The number of anilines is 1. The number of benzene rings is 1. The van der Waals surface area contributed by atoms with Gasteiger partial charge < -0.3 is 15.0 Å². The van der Waals surface area contributed by atoms with Gasteiger partial charge in [-0.1, -0.05) is 0 Å². The number of nitrogens with zero attached hydrogens (tertiary/aromatic N) is 3. The molecule has 1 aromatic carbocycles. The van der Waals surface area contributed by atoms with Gasteiger partial charge in [0.15, 0.2) is 11.6 Å². The molecule has 148 valence electrons. The highest BCUT2D eigenvalue weighted by molar-refractivity contribution is 5.96. The maximum absolute atomic E-state index is 13.4. The van der Waals surface area contributed by atoms with Crippen LogP contribution in [0.2, 0.25) is 0 Å². The normalized spacial score (nSPS) is 18.2. The molecule has 0 bridgehead atoms. The second-order valence-electron chi connectivity index (χ2n) is 6.61. The van der Waals surface area contributed by atoms with Gasteiger partial charge in [0, 0.05) is 44.5 Å². The van der Waals surface area contributed by atoms with Gasteiger partial charge in [-0.15, -0.1) is 0 Å². The van der Waals surface area contributed by atoms with Gasteiger partial charge in [-0.05, 0) is 25.1 Å². The minimum atomic E-state index is -1.00. The van der Waals surface area contributed by atoms with E-state index in [1.54, 1.807) is 0 Å². The summed E-state index contributed by atoms with van der Waals surface area (Å²) in [5.41, 5.74) is 0.285. The molecule has 2 saturated heterocycles. The third-order valence-corrected chi connectivity index (χ3v) is 4.72. The average molecular weight is 382 g/mol. The van der Waals surface area contributed by atoms with E-state index in [-0.39, 0.29) is 24.2 Å². The SMILES string of the molecule is O=C(CN1CCN(c2ccc(F)c(F)c2)C1=O)NCCCN1CCOCC1. The van der Waals surface area contributed by atoms with Crippen molar-refractivity contribution in [2.75, 3.05) is 63.9 Å². The third-order valence-electron chi connectivity index (χ3n) is 4.72. The zero-order chi connectivity index (χ0) is 19.2. The Morgan fingerprint density at radius 2 is 1.89 bits per heavy atom. The van der Waals surface area contributed by atoms with Crippen molar-refractivity contribution in [3.8, 4) is 0 Å². The van der Waals surface area contributed by atoms with Crippen LogP contribution >= 0.6 is 0 Å². The standard InChI is InChI=1S/C18H24F2N4O3/c19-15-3-2-14(12-16(15)20)24-7-6-23(18(24)26)13-17(25)21-4-1-5-22-8-10-27-11-9-22/h2-3,12H,1,4-11,13H2,(H,21,25). The third kappa shape index (κ3) is 5.14. The lowest BCUT2D eigenvalue weighted by Gasteiger charge is -2.26. The minimum absolute atomic E-state index is 0.0451. The van der Waals surface area contributed by atoms with E-state index in [0.717, 1.165) is 51.4 Å². The molecule has 2 heterocycles. The zero-order valence-electron chi connectivity index (χ0n) is 15.1. The van der Waals surface area contributed by atoms with Crippen molar-refractivity contribution >= 4 is 17.6 Å². The Balaban J connectivity index is 1.40. The Hall–Kier alpha value is -2.26. The van der Waals surface area contributed by atoms with E-state index in [1.165, 1.54) is 15.9 Å². The lowest BCUT2D eigenvalue weighted by molar-refractivity contribution is -0.121. The second kappa shape index (κ2) is 9.09. The summed E-state index contributed by atoms with van der Waals surface area (Å²) in [6.45, 7) is 5.41. The molecule has 0 atom stereocenters. The molecule has 27 heavy (non-hydrogen) atoms. The van der Waals surface area contributed by atoms with Crippen LogP contribution in [0.3, 0.4) is 0 Å². The highest BCUT2D eigenvalue weighted by atomic mass is 19.2. The first kappa shape index (κ1) is 19.5. The summed E-state index contributed by atoms with van der Waals surface area (Å²) in [5.74, 6) is -2.19. The fourth-order valence-electron chi connectivity index (χ4n) is 3.21. The smallest absolute Gasteiger partial charge is 0.325 e. The van der Waals surface area contributed by atoms with Crippen LogP contribution in [0.15, 0.2) is 18.2 Å². The molecule has 0 unspecified atom stereocenters. The van der Waals surface area contributed by atoms with Gasteiger partial charge in [0.05, 0.1) is 13.2 Å². The number of urea groups is 1. The summed E-state index contributed by atoms with van der Waals surface area (Å²) in [4.78, 5) is 29.5. The number of halogens is 2. The molecule has 2 fully saturated rings. The van der Waals surface area contributed by atoms with Crippen molar-refractivity contribution in [2.24, 2.45) is 0 Å². The maximum Gasteiger partial charge on any atom is 0.325 e. The molecule has 2 aliphatic rings. The topological polar surface area (TPSA) is 65.1 Å². The predicted molar refractivity (Wildman–Crippen MR) is 95.6 cm³/mol. The molecule has 3 amide bonds. The largest absolute Gasteiger partial charge is 0.379 e. The average Bonchev–Trinajstić information content (AvgIpc) is 3.02. The van der Waals surface area contributed by atoms with Crippen LogP contribution in [0, 0.1) is 11.6 Å². The number of rotatable bonds is 7. The zero-order valence-corrected chi connectivity index (χ0v) is 15.1. The maximum atomic E-state index is 13.4. The van der Waals surface area contributed by atoms with Crippen molar-refractivity contribution in [3.63, 3.8) is 0 Å². The first-order valence-electron chi connectivity index (χ1n) is 9.13. The predicted octanol–water partition coefficient (Wildman–Crippen LogP) is 1.05. The van der Waals surface area contributed by atoms with Crippen molar-refractivity contribution < 1.29 is 23.1 Å². The fourth-order valence-corrected chi connectivity index (χ4v) is 3.21. The summed E-state index contributed by atoms with van der Waals surface area (Å²) < 4.78 is 31.7. The molecular weight excluding hydrogens is 358 g/mol. The van der Waals surface area contributed by atoms with Crippen LogP contribution in [-0.2, 0) is 9.53 Å². The van der Waals surface area contributed by atoms with Gasteiger partial charge in [0.2, 0.25) is 5.91 Å². The Morgan fingerprint density at radius 3 is 2.63 bits per heavy atom. The molecule has 1 aromatic rings. The Bertz CT molecular complexity index is 683. The number of carbonyl (C=O) groups excluding carboxylic acids is 2. The molecule has 0 aliphatic carbocycles. The van der Waals surface area contributed by atoms with E-state index in [4.69, 9.17) is 4.74 Å². The molecule has 0 radical (unpaired) electrons. The molecule has 7 nitrogen and oxygen atoms in total. The first-order chi connectivity index (χ1) is 13.0. The summed E-state index contributed by atoms with van der Waals surface area (Å²) in [7, 11) is 0. The van der Waals surface area contributed by atoms with E-state index < -0.39 is 11.6 Å². The number of nitrogens with one attached hydrogen (secondary N) is 1. The van der Waals surface area contributed by atoms with E-state index in [2.05, 4.69) is 10.2 Å². The molecule has 3 rings (SSSR count). The summed E-state index contributed by atoms with van der Waals surface area (Å²) >= 11 is 0. The van der Waals surface area contributed by atoms with Crippen LogP contribution in [0.5, 0.6) is 0 Å². The van der Waals surface area contributed by atoms with E-state index in [0.29, 0.717) is 19.6 Å². The molecule has 9 heteroatoms. The second-order valence-corrected chi connectivity index (χ2v) is 6.61. The van der Waals surface area contributed by atoms with Crippen LogP contribution in [0.4, 0.5) is 19.3 Å². The fraction of sp³-hybridized carbons (Fsp3) is 0.556. The van der Waals surface area contributed by atoms with Gasteiger partial charge in [-0.25, -0.2) is 13.6 Å². The number of morpholine rings is 1. The van der Waals surface area contributed by atoms with E-state index >= 15 is 0 Å². The lowest BCUT2D eigenvalue weighted by atomic mass is 10.3. The Labute approximate surface area is 156 Å². The molecular formula is C18H24F2N4O3. The highest BCUT2D eigenvalue weighted by Gasteiger charge is 2.31. The molecule has 0 saturated carbocycles. The van der Waals surface area contributed by atoms with E-state index in [1.807, 2.05) is 0 Å². The number of amides is 3. The minimum Gasteiger partial charge on any atom is -0.379 e. The number of hydrogen-bond acceptors (Lipinski definition) is 4. The molecule has 0 spiro atoms. The highest BCUT2D eigenvalue weighted by Crippen LogP contribution is 2.22. The van der Waals surface area contributed by atoms with Crippen LogP contribution in [-0.4, -0.2) is 80.8 Å².